The van der Waals surface area contributed by atoms with Crippen molar-refractivity contribution in [3.05, 3.63) is 48.2 Å². The Balaban J connectivity index is 1.36. The van der Waals surface area contributed by atoms with Crippen LogP contribution in [-0.2, 0) is 16.7 Å². The van der Waals surface area contributed by atoms with Crippen LogP contribution in [0.1, 0.15) is 57.7 Å². The highest BCUT2D eigenvalue weighted by Gasteiger charge is 2.52. The van der Waals surface area contributed by atoms with Gasteiger partial charge in [-0.05, 0) is 49.3 Å². The van der Waals surface area contributed by atoms with Gasteiger partial charge < -0.3 is 14.4 Å². The predicted molar refractivity (Wildman–Crippen MR) is 130 cm³/mol. The third kappa shape index (κ3) is 4.23. The number of fused-ring (bicyclic) bond motifs is 1. The summed E-state index contributed by atoms with van der Waals surface area (Å²) in [6, 6.07) is 7.73. The lowest BCUT2D eigenvalue weighted by Crippen LogP contribution is -2.45. The van der Waals surface area contributed by atoms with Crippen LogP contribution in [0.5, 0.6) is 0 Å². The number of aliphatic hydroxyl groups excluding tert-OH is 1. The van der Waals surface area contributed by atoms with Crippen molar-refractivity contribution in [3.8, 4) is 6.07 Å². The van der Waals surface area contributed by atoms with Crippen molar-refractivity contribution < 1.29 is 14.6 Å². The van der Waals surface area contributed by atoms with Gasteiger partial charge in [-0.25, -0.2) is 14.8 Å². The summed E-state index contributed by atoms with van der Waals surface area (Å²) in [6.07, 6.45) is 8.12. The molecule has 3 heterocycles. The Labute approximate surface area is 204 Å². The zero-order valence-electron chi connectivity index (χ0n) is 20.4. The standard InChI is InChI=1S/C26H30N6O3/c1-24(2,16-33)21-11-29-22(12-28-21)32-15-26(35-23(32)34)8-4-7-25(3,13-26)14-31-17-30-19-6-5-18(10-27)9-20(19)31/h5-6,9,11-12,17,33H,4,7-8,13-16H2,1-3H3. The first kappa shape index (κ1) is 23.2. The third-order valence-electron chi connectivity index (χ3n) is 7.44. The number of ether oxygens (including phenoxy) is 1. The molecule has 9 nitrogen and oxygen atoms in total. The molecular weight excluding hydrogens is 444 g/mol. The van der Waals surface area contributed by atoms with E-state index in [2.05, 4.69) is 32.5 Å². The molecule has 1 aliphatic carbocycles. The topological polar surface area (TPSA) is 117 Å². The zero-order valence-corrected chi connectivity index (χ0v) is 20.4. The molecule has 35 heavy (non-hydrogen) atoms. The quantitative estimate of drug-likeness (QED) is 0.595. The van der Waals surface area contributed by atoms with E-state index < -0.39 is 17.1 Å². The van der Waals surface area contributed by atoms with Gasteiger partial charge >= 0.3 is 6.09 Å². The fraction of sp³-hybridized carbons (Fsp3) is 0.500. The van der Waals surface area contributed by atoms with Crippen LogP contribution < -0.4 is 4.90 Å². The van der Waals surface area contributed by atoms with Gasteiger partial charge in [-0.3, -0.25) is 9.88 Å². The van der Waals surface area contributed by atoms with E-state index in [0.29, 0.717) is 23.6 Å². The molecule has 1 aromatic carbocycles. The molecule has 2 aliphatic rings. The molecule has 182 valence electrons. The summed E-state index contributed by atoms with van der Waals surface area (Å²) >= 11 is 0. The number of amides is 1. The van der Waals surface area contributed by atoms with Crippen LogP contribution >= 0.6 is 0 Å². The molecular formula is C26H30N6O3. The molecule has 0 bridgehead atoms. The number of aromatic nitrogens is 4. The van der Waals surface area contributed by atoms with Crippen LogP contribution in [0.4, 0.5) is 10.6 Å². The second-order valence-corrected chi connectivity index (χ2v) is 11.0. The van der Waals surface area contributed by atoms with E-state index in [1.807, 2.05) is 32.3 Å². The van der Waals surface area contributed by atoms with E-state index in [4.69, 9.17) is 4.74 Å². The summed E-state index contributed by atoms with van der Waals surface area (Å²) in [4.78, 5) is 27.9. The first-order valence-electron chi connectivity index (χ1n) is 11.9. The van der Waals surface area contributed by atoms with Gasteiger partial charge in [-0.1, -0.05) is 20.8 Å². The summed E-state index contributed by atoms with van der Waals surface area (Å²) < 4.78 is 8.13. The van der Waals surface area contributed by atoms with Gasteiger partial charge in [-0.15, -0.1) is 0 Å². The molecule has 5 rings (SSSR count). The minimum Gasteiger partial charge on any atom is -0.441 e. The molecule has 9 heteroatoms. The molecule has 2 unspecified atom stereocenters. The van der Waals surface area contributed by atoms with Crippen molar-refractivity contribution in [2.45, 2.75) is 64.0 Å². The Kier molecular flexibility index (Phi) is 5.52. The van der Waals surface area contributed by atoms with Gasteiger partial charge in [0.2, 0.25) is 0 Å². The number of carbonyl (C=O) groups is 1. The van der Waals surface area contributed by atoms with Gasteiger partial charge in [0.25, 0.3) is 0 Å². The van der Waals surface area contributed by atoms with Crippen LogP contribution in [0.2, 0.25) is 0 Å². The summed E-state index contributed by atoms with van der Waals surface area (Å²) in [5, 5.41) is 18.9. The summed E-state index contributed by atoms with van der Waals surface area (Å²) in [6.45, 7) is 7.13. The minimum absolute atomic E-state index is 0.0432. The van der Waals surface area contributed by atoms with E-state index in [1.165, 1.54) is 0 Å². The number of nitrogens with zero attached hydrogens (tertiary/aromatic N) is 6. The lowest BCUT2D eigenvalue weighted by atomic mass is 9.68. The zero-order chi connectivity index (χ0) is 24.8. The first-order chi connectivity index (χ1) is 16.7. The van der Waals surface area contributed by atoms with Crippen LogP contribution in [0, 0.1) is 16.7 Å². The predicted octanol–water partition coefficient (Wildman–Crippen LogP) is 3.94. The Morgan fingerprint density at radius 1 is 1.23 bits per heavy atom. The minimum atomic E-state index is -0.580. The van der Waals surface area contributed by atoms with E-state index in [9.17, 15) is 15.2 Å². The smallest absolute Gasteiger partial charge is 0.416 e. The maximum absolute atomic E-state index is 12.9. The number of aliphatic hydroxyl groups is 1. The largest absolute Gasteiger partial charge is 0.441 e. The van der Waals surface area contributed by atoms with Gasteiger partial charge in [-0.2, -0.15) is 5.26 Å². The second-order valence-electron chi connectivity index (χ2n) is 11.0. The highest BCUT2D eigenvalue weighted by Crippen LogP contribution is 2.47. The van der Waals surface area contributed by atoms with Crippen molar-refractivity contribution >= 4 is 22.9 Å². The highest BCUT2D eigenvalue weighted by molar-refractivity contribution is 5.89. The third-order valence-corrected chi connectivity index (χ3v) is 7.44. The molecule has 2 aromatic heterocycles. The molecule has 1 aliphatic heterocycles. The molecule has 1 spiro atoms. The summed E-state index contributed by atoms with van der Waals surface area (Å²) in [5.74, 6) is 0.460. The van der Waals surface area contributed by atoms with Crippen molar-refractivity contribution in [2.24, 2.45) is 5.41 Å². The second kappa shape index (κ2) is 8.31. The normalized spacial score (nSPS) is 24.7. The van der Waals surface area contributed by atoms with Gasteiger partial charge in [0.15, 0.2) is 5.82 Å². The number of anilines is 1. The van der Waals surface area contributed by atoms with Crippen LogP contribution in [0.3, 0.4) is 0 Å². The maximum atomic E-state index is 12.9. The van der Waals surface area contributed by atoms with E-state index >= 15 is 0 Å². The monoisotopic (exact) mass is 474 g/mol. The molecule has 2 atom stereocenters. The van der Waals surface area contributed by atoms with Crippen molar-refractivity contribution in [1.82, 2.24) is 19.5 Å². The van der Waals surface area contributed by atoms with Crippen molar-refractivity contribution in [2.75, 3.05) is 18.1 Å². The van der Waals surface area contributed by atoms with Gasteiger partial charge in [0.1, 0.15) is 5.60 Å². The molecule has 1 saturated carbocycles. The maximum Gasteiger partial charge on any atom is 0.416 e. The SMILES string of the molecule is CC1(Cn2cnc3ccc(C#N)cc32)CCCC2(CN(c3cnc(C(C)(C)CO)cn3)C(=O)O2)C1. The van der Waals surface area contributed by atoms with Crippen molar-refractivity contribution in [3.63, 3.8) is 0 Å². The Bertz CT molecular complexity index is 1310. The molecule has 3 aromatic rings. The van der Waals surface area contributed by atoms with Crippen LogP contribution in [0.15, 0.2) is 36.9 Å². The highest BCUT2D eigenvalue weighted by atomic mass is 16.6. The first-order valence-corrected chi connectivity index (χ1v) is 11.9. The number of benzene rings is 1. The molecule has 1 N–H and O–H groups in total. The lowest BCUT2D eigenvalue weighted by molar-refractivity contribution is -0.0264. The Morgan fingerprint density at radius 2 is 2.06 bits per heavy atom. The fourth-order valence-electron chi connectivity index (χ4n) is 5.50. The number of hydrogen-bond donors (Lipinski definition) is 1. The number of hydrogen-bond acceptors (Lipinski definition) is 7. The Hall–Kier alpha value is -3.51. The van der Waals surface area contributed by atoms with Crippen molar-refractivity contribution in [1.29, 1.82) is 5.26 Å². The fourth-order valence-corrected chi connectivity index (χ4v) is 5.50. The average Bonchev–Trinajstić information content (AvgIpc) is 3.38. The van der Waals surface area contributed by atoms with Crippen LogP contribution in [-0.4, -0.2) is 49.5 Å². The van der Waals surface area contributed by atoms with E-state index in [0.717, 1.165) is 43.3 Å². The van der Waals surface area contributed by atoms with Crippen LogP contribution in [0.25, 0.3) is 11.0 Å². The summed E-state index contributed by atoms with van der Waals surface area (Å²) in [5.41, 5.74) is 1.89. The number of imidazole rings is 1. The average molecular weight is 475 g/mol. The number of carbonyl (C=O) groups excluding carboxylic acids is 1. The molecule has 1 saturated heterocycles. The summed E-state index contributed by atoms with van der Waals surface area (Å²) in [7, 11) is 0. The number of rotatable bonds is 5. The van der Waals surface area contributed by atoms with E-state index in [-0.39, 0.29) is 12.0 Å². The van der Waals surface area contributed by atoms with E-state index in [1.54, 1.807) is 23.4 Å². The molecule has 1 amide bonds. The molecule has 2 fully saturated rings. The Morgan fingerprint density at radius 3 is 2.77 bits per heavy atom. The van der Waals surface area contributed by atoms with Gasteiger partial charge in [0, 0.05) is 12.0 Å². The van der Waals surface area contributed by atoms with Gasteiger partial charge in [0.05, 0.1) is 60.2 Å². The molecule has 0 radical (unpaired) electrons. The number of nitriles is 1. The lowest BCUT2D eigenvalue weighted by Gasteiger charge is -2.43.